The zero-order valence-electron chi connectivity index (χ0n) is 20.2. The van der Waals surface area contributed by atoms with E-state index in [-0.39, 0.29) is 0 Å². The summed E-state index contributed by atoms with van der Waals surface area (Å²) in [5, 5.41) is 8.62. The molecule has 0 aliphatic rings. The van der Waals surface area contributed by atoms with Crippen LogP contribution in [-0.4, -0.2) is 11.1 Å². The van der Waals surface area contributed by atoms with Crippen LogP contribution in [0.5, 0.6) is 0 Å². The van der Waals surface area contributed by atoms with Crippen LogP contribution < -0.4 is 4.57 Å². The Balaban J connectivity index is 1.43. The molecular weight excluding hydrogens is 394 g/mol. The minimum atomic E-state index is -0.659. The van der Waals surface area contributed by atoms with Gasteiger partial charge in [-0.05, 0) is 25.3 Å². The molecule has 3 nitrogen and oxygen atoms in total. The Morgan fingerprint density at radius 1 is 0.688 bits per heavy atom. The van der Waals surface area contributed by atoms with Gasteiger partial charge < -0.3 is 5.11 Å². The van der Waals surface area contributed by atoms with E-state index in [4.69, 9.17) is 5.11 Å². The molecule has 0 bridgehead atoms. The first kappa shape index (κ1) is 26.1. The molecule has 0 atom stereocenters. The summed E-state index contributed by atoms with van der Waals surface area (Å²) < 4.78 is 2.30. The van der Waals surface area contributed by atoms with E-state index >= 15 is 0 Å². The molecule has 0 aliphatic heterocycles. The number of hydrogen-bond donors (Lipinski definition) is 1. The van der Waals surface area contributed by atoms with Gasteiger partial charge >= 0.3 is 5.97 Å². The molecule has 0 spiro atoms. The van der Waals surface area contributed by atoms with Gasteiger partial charge in [0.2, 0.25) is 5.69 Å². The summed E-state index contributed by atoms with van der Waals surface area (Å²) in [7, 11) is 0. The van der Waals surface area contributed by atoms with Crippen LogP contribution in [0, 0.1) is 6.92 Å². The predicted molar refractivity (Wildman–Crippen MR) is 133 cm³/mol. The molecule has 0 amide bonds. The average molecular weight is 439 g/mol. The summed E-state index contributed by atoms with van der Waals surface area (Å²) in [6.45, 7) is 2.24. The number of pyridine rings is 1. The molecule has 176 valence electrons. The molecule has 0 aliphatic carbocycles. The lowest BCUT2D eigenvalue weighted by Crippen LogP contribution is -2.34. The van der Waals surface area contributed by atoms with Crippen molar-refractivity contribution in [3.8, 4) is 5.69 Å². The van der Waals surface area contributed by atoms with Crippen LogP contribution in [0.4, 0.5) is 0 Å². The lowest BCUT2D eigenvalue weighted by molar-refractivity contribution is -0.603. The molecule has 1 aromatic heterocycles. The molecule has 2 aromatic rings. The number of rotatable bonds is 18. The van der Waals surface area contributed by atoms with E-state index in [9.17, 15) is 4.79 Å². The fourth-order valence-corrected chi connectivity index (χ4v) is 4.48. The van der Waals surface area contributed by atoms with Crippen LogP contribution in [0.1, 0.15) is 108 Å². The monoisotopic (exact) mass is 438 g/mol. The van der Waals surface area contributed by atoms with Gasteiger partial charge in [-0.15, -0.1) is 0 Å². The third-order valence-electron chi connectivity index (χ3n) is 6.48. The zero-order chi connectivity index (χ0) is 22.9. The van der Waals surface area contributed by atoms with Gasteiger partial charge in [-0.1, -0.05) is 95.2 Å². The van der Waals surface area contributed by atoms with Gasteiger partial charge in [0, 0.05) is 37.1 Å². The van der Waals surface area contributed by atoms with E-state index in [1.54, 1.807) is 0 Å². The smallest absolute Gasteiger partial charge is 0.303 e. The van der Waals surface area contributed by atoms with Crippen LogP contribution in [0.25, 0.3) is 5.69 Å². The van der Waals surface area contributed by atoms with Crippen molar-refractivity contribution in [2.75, 3.05) is 0 Å². The number of carboxylic acid groups (broad SMARTS) is 1. The Kier molecular flexibility index (Phi) is 13.4. The van der Waals surface area contributed by atoms with E-state index in [0.29, 0.717) is 6.42 Å². The Hall–Kier alpha value is -2.16. The highest BCUT2D eigenvalue weighted by Crippen LogP contribution is 2.15. The van der Waals surface area contributed by atoms with E-state index in [0.717, 1.165) is 12.8 Å². The van der Waals surface area contributed by atoms with Crippen molar-refractivity contribution in [2.24, 2.45) is 0 Å². The Labute approximate surface area is 195 Å². The number of para-hydroxylation sites is 1. The zero-order valence-corrected chi connectivity index (χ0v) is 20.2. The SMILES string of the molecule is Cc1c(CCCCCCCCCCCCCCCCC(=O)O)ccc[n+]1-c1ccccc1. The summed E-state index contributed by atoms with van der Waals surface area (Å²) >= 11 is 0. The van der Waals surface area contributed by atoms with E-state index < -0.39 is 5.97 Å². The van der Waals surface area contributed by atoms with E-state index in [2.05, 4.69) is 60.2 Å². The van der Waals surface area contributed by atoms with Crippen molar-refractivity contribution in [3.63, 3.8) is 0 Å². The highest BCUT2D eigenvalue weighted by molar-refractivity contribution is 5.66. The van der Waals surface area contributed by atoms with Crippen molar-refractivity contribution >= 4 is 5.97 Å². The van der Waals surface area contributed by atoms with E-state index in [1.165, 1.54) is 100 Å². The number of benzene rings is 1. The number of aryl methyl sites for hydroxylation is 1. The van der Waals surface area contributed by atoms with Crippen LogP contribution in [-0.2, 0) is 11.2 Å². The number of unbranched alkanes of at least 4 members (excludes halogenated alkanes) is 13. The molecule has 32 heavy (non-hydrogen) atoms. The summed E-state index contributed by atoms with van der Waals surface area (Å²) in [6.07, 6.45) is 21.6. The first-order valence-electron chi connectivity index (χ1n) is 13.0. The van der Waals surface area contributed by atoms with Gasteiger partial charge in [0.05, 0.1) is 0 Å². The average Bonchev–Trinajstić information content (AvgIpc) is 2.80. The maximum atomic E-state index is 10.5. The molecule has 0 saturated heterocycles. The largest absolute Gasteiger partial charge is 0.481 e. The van der Waals surface area contributed by atoms with E-state index in [1.807, 2.05) is 0 Å². The Morgan fingerprint density at radius 3 is 1.72 bits per heavy atom. The molecule has 1 heterocycles. The lowest BCUT2D eigenvalue weighted by Gasteiger charge is -2.06. The topological polar surface area (TPSA) is 41.2 Å². The predicted octanol–water partition coefficient (Wildman–Crippen LogP) is 7.75. The summed E-state index contributed by atoms with van der Waals surface area (Å²) in [5.74, 6) is -0.659. The Bertz CT molecular complexity index is 757. The van der Waals surface area contributed by atoms with Crippen LogP contribution in [0.15, 0.2) is 48.7 Å². The molecule has 0 unspecified atom stereocenters. The molecule has 3 heteroatoms. The van der Waals surface area contributed by atoms with Gasteiger partial charge in [0.25, 0.3) is 0 Å². The molecule has 2 rings (SSSR count). The number of aliphatic carboxylic acids is 1. The van der Waals surface area contributed by atoms with Crippen LogP contribution >= 0.6 is 0 Å². The van der Waals surface area contributed by atoms with Gasteiger partial charge in [0.15, 0.2) is 11.9 Å². The number of carbonyl (C=O) groups is 1. The maximum Gasteiger partial charge on any atom is 0.303 e. The standard InChI is InChI=1S/C29H43NO2/c1-26-27(21-19-25-30(26)28-22-16-14-17-23-28)20-15-12-10-8-6-4-2-3-5-7-9-11-13-18-24-29(31)32/h14,16-17,19,21-23,25H,2-13,15,18,20,24H2,1H3/p+1. The van der Waals surface area contributed by atoms with Crippen molar-refractivity contribution in [2.45, 2.75) is 110 Å². The quantitative estimate of drug-likeness (QED) is 0.191. The first-order chi connectivity index (χ1) is 15.7. The number of carboxylic acids is 1. The third-order valence-corrected chi connectivity index (χ3v) is 6.48. The van der Waals surface area contributed by atoms with Crippen LogP contribution in [0.3, 0.4) is 0 Å². The number of hydrogen-bond acceptors (Lipinski definition) is 1. The number of aromatic nitrogens is 1. The highest BCUT2D eigenvalue weighted by Gasteiger charge is 2.13. The second-order valence-corrected chi connectivity index (χ2v) is 9.17. The molecular formula is C29H44NO2+. The fraction of sp³-hybridized carbons (Fsp3) is 0.586. The van der Waals surface area contributed by atoms with Crippen molar-refractivity contribution < 1.29 is 14.5 Å². The molecule has 0 radical (unpaired) electrons. The number of nitrogens with zero attached hydrogens (tertiary/aromatic N) is 1. The van der Waals surface area contributed by atoms with Crippen molar-refractivity contribution in [1.29, 1.82) is 0 Å². The van der Waals surface area contributed by atoms with Crippen LogP contribution in [0.2, 0.25) is 0 Å². The molecule has 1 N–H and O–H groups in total. The molecule has 0 saturated carbocycles. The Morgan fingerprint density at radius 2 is 1.19 bits per heavy atom. The second-order valence-electron chi connectivity index (χ2n) is 9.17. The van der Waals surface area contributed by atoms with Crippen molar-refractivity contribution in [3.05, 3.63) is 59.9 Å². The normalized spacial score (nSPS) is 11.0. The molecule has 0 fully saturated rings. The minimum absolute atomic E-state index is 0.333. The first-order valence-corrected chi connectivity index (χ1v) is 13.0. The van der Waals surface area contributed by atoms with Gasteiger partial charge in [0.1, 0.15) is 0 Å². The highest BCUT2D eigenvalue weighted by atomic mass is 16.4. The lowest BCUT2D eigenvalue weighted by atomic mass is 10.0. The summed E-state index contributed by atoms with van der Waals surface area (Å²) in [5.41, 5.74) is 4.07. The summed E-state index contributed by atoms with van der Waals surface area (Å²) in [6, 6.07) is 15.1. The maximum absolute atomic E-state index is 10.5. The van der Waals surface area contributed by atoms with Gasteiger partial charge in [-0.3, -0.25) is 4.79 Å². The van der Waals surface area contributed by atoms with Gasteiger partial charge in [-0.25, -0.2) is 0 Å². The van der Waals surface area contributed by atoms with Crippen molar-refractivity contribution in [1.82, 2.24) is 0 Å². The molecule has 1 aromatic carbocycles. The summed E-state index contributed by atoms with van der Waals surface area (Å²) in [4.78, 5) is 10.5. The minimum Gasteiger partial charge on any atom is -0.481 e. The van der Waals surface area contributed by atoms with Gasteiger partial charge in [-0.2, -0.15) is 4.57 Å². The second kappa shape index (κ2) is 16.5. The fourth-order valence-electron chi connectivity index (χ4n) is 4.48. The third kappa shape index (κ3) is 10.9.